The van der Waals surface area contributed by atoms with Crippen molar-refractivity contribution in [3.63, 3.8) is 0 Å². The van der Waals surface area contributed by atoms with Crippen molar-refractivity contribution in [2.75, 3.05) is 19.6 Å². The molecule has 1 aliphatic heterocycles. The van der Waals surface area contributed by atoms with Crippen LogP contribution in [-0.4, -0.2) is 30.4 Å². The highest BCUT2D eigenvalue weighted by atomic mass is 32.1. The number of nitrogens with one attached hydrogen (secondary N) is 1. The largest absolute Gasteiger partial charge is 0.351 e. The van der Waals surface area contributed by atoms with Gasteiger partial charge in [-0.3, -0.25) is 9.69 Å². The first-order valence-corrected chi connectivity index (χ1v) is 8.99. The third kappa shape index (κ3) is 4.53. The van der Waals surface area contributed by atoms with Crippen molar-refractivity contribution in [3.8, 4) is 0 Å². The number of carbonyl (C=O) groups excluding carboxylic acids is 1. The summed E-state index contributed by atoms with van der Waals surface area (Å²) in [4.78, 5) is 15.9. The third-order valence-electron chi connectivity index (χ3n) is 4.15. The minimum Gasteiger partial charge on any atom is -0.351 e. The lowest BCUT2D eigenvalue weighted by Crippen LogP contribution is -2.35. The lowest BCUT2D eigenvalue weighted by atomic mass is 10.2. The highest BCUT2D eigenvalue weighted by Gasteiger charge is 2.24. The van der Waals surface area contributed by atoms with Gasteiger partial charge in [-0.15, -0.1) is 11.3 Å². The summed E-state index contributed by atoms with van der Waals surface area (Å²) in [7, 11) is 0. The van der Waals surface area contributed by atoms with E-state index in [0.717, 1.165) is 18.7 Å². The first-order chi connectivity index (χ1) is 11.3. The van der Waals surface area contributed by atoms with E-state index in [-0.39, 0.29) is 5.91 Å². The van der Waals surface area contributed by atoms with Crippen LogP contribution < -0.4 is 5.32 Å². The van der Waals surface area contributed by atoms with E-state index >= 15 is 0 Å². The van der Waals surface area contributed by atoms with E-state index in [1.165, 1.54) is 17.7 Å². The van der Waals surface area contributed by atoms with Gasteiger partial charge in [-0.05, 0) is 49.0 Å². The Morgan fingerprint density at radius 1 is 1.17 bits per heavy atom. The fourth-order valence-corrected chi connectivity index (χ4v) is 3.80. The molecule has 0 spiro atoms. The van der Waals surface area contributed by atoms with E-state index < -0.39 is 0 Å². The van der Waals surface area contributed by atoms with Gasteiger partial charge in [0.15, 0.2) is 0 Å². The van der Waals surface area contributed by atoms with Gasteiger partial charge < -0.3 is 5.32 Å². The summed E-state index contributed by atoms with van der Waals surface area (Å²) in [5, 5.41) is 5.16. The van der Waals surface area contributed by atoms with Crippen LogP contribution in [0.15, 0.2) is 53.9 Å². The minimum atomic E-state index is -0.0328. The first kappa shape index (κ1) is 16.0. The van der Waals surface area contributed by atoms with Gasteiger partial charge in [0.2, 0.25) is 5.91 Å². The second-order valence-corrected chi connectivity index (χ2v) is 6.74. The molecule has 0 aliphatic carbocycles. The Balaban J connectivity index is 1.58. The molecule has 1 aromatic carbocycles. The molecule has 120 valence electrons. The molecule has 3 nitrogen and oxygen atoms in total. The van der Waals surface area contributed by atoms with E-state index in [4.69, 9.17) is 0 Å². The smallest absolute Gasteiger partial charge is 0.244 e. The van der Waals surface area contributed by atoms with E-state index in [0.29, 0.717) is 12.6 Å². The Hall–Kier alpha value is -1.91. The quantitative estimate of drug-likeness (QED) is 0.821. The molecule has 0 saturated carbocycles. The summed E-state index contributed by atoms with van der Waals surface area (Å²) in [6.07, 6.45) is 5.98. The number of thiophene rings is 1. The van der Waals surface area contributed by atoms with Gasteiger partial charge in [0.1, 0.15) is 0 Å². The van der Waals surface area contributed by atoms with Crippen LogP contribution in [0, 0.1) is 0 Å². The molecule has 1 aromatic heterocycles. The second kappa shape index (κ2) is 8.09. The van der Waals surface area contributed by atoms with Gasteiger partial charge in [-0.2, -0.15) is 0 Å². The molecule has 3 rings (SSSR count). The van der Waals surface area contributed by atoms with Crippen LogP contribution >= 0.6 is 11.3 Å². The molecule has 23 heavy (non-hydrogen) atoms. The van der Waals surface area contributed by atoms with Crippen molar-refractivity contribution in [3.05, 3.63) is 64.4 Å². The van der Waals surface area contributed by atoms with Gasteiger partial charge in [0.05, 0.1) is 6.04 Å². The predicted molar refractivity (Wildman–Crippen MR) is 96.4 cm³/mol. The molecule has 1 atom stereocenters. The fourth-order valence-electron chi connectivity index (χ4n) is 2.94. The number of hydrogen-bond donors (Lipinski definition) is 1. The van der Waals surface area contributed by atoms with Crippen LogP contribution in [0.1, 0.15) is 29.3 Å². The van der Waals surface area contributed by atoms with Crippen LogP contribution in [0.4, 0.5) is 0 Å². The highest BCUT2D eigenvalue weighted by molar-refractivity contribution is 7.10. The Morgan fingerprint density at radius 3 is 2.65 bits per heavy atom. The van der Waals surface area contributed by atoms with Crippen molar-refractivity contribution >= 4 is 23.3 Å². The zero-order valence-electron chi connectivity index (χ0n) is 13.2. The number of likely N-dealkylation sites (tertiary alicyclic amines) is 1. The van der Waals surface area contributed by atoms with Gasteiger partial charge in [-0.1, -0.05) is 36.4 Å². The maximum Gasteiger partial charge on any atom is 0.244 e. The zero-order chi connectivity index (χ0) is 15.9. The molecule has 2 heterocycles. The Labute approximate surface area is 141 Å². The van der Waals surface area contributed by atoms with Crippen LogP contribution in [0.3, 0.4) is 0 Å². The van der Waals surface area contributed by atoms with Crippen LogP contribution in [0.5, 0.6) is 0 Å². The lowest BCUT2D eigenvalue weighted by molar-refractivity contribution is -0.116. The summed E-state index contributed by atoms with van der Waals surface area (Å²) in [6, 6.07) is 14.4. The SMILES string of the molecule is O=C(C=Cc1ccccc1)NCC(c1cccs1)N1CCCC1. The van der Waals surface area contributed by atoms with Crippen LogP contribution in [-0.2, 0) is 4.79 Å². The number of benzene rings is 1. The minimum absolute atomic E-state index is 0.0328. The Morgan fingerprint density at radius 2 is 1.96 bits per heavy atom. The van der Waals surface area contributed by atoms with Crippen LogP contribution in [0.2, 0.25) is 0 Å². The maximum absolute atomic E-state index is 12.1. The average Bonchev–Trinajstić information content (AvgIpc) is 3.28. The number of nitrogens with zero attached hydrogens (tertiary/aromatic N) is 1. The topological polar surface area (TPSA) is 32.3 Å². The summed E-state index contributed by atoms with van der Waals surface area (Å²) in [5.74, 6) is -0.0328. The molecule has 1 fully saturated rings. The van der Waals surface area contributed by atoms with Crippen molar-refractivity contribution in [2.45, 2.75) is 18.9 Å². The molecule has 1 aliphatic rings. The molecular formula is C19H22N2OS. The van der Waals surface area contributed by atoms with E-state index in [1.807, 2.05) is 36.4 Å². The molecule has 1 saturated heterocycles. The molecule has 1 amide bonds. The number of rotatable bonds is 6. The standard InChI is InChI=1S/C19H22N2OS/c22-19(11-10-16-7-2-1-3-8-16)20-15-17(18-9-6-14-23-18)21-12-4-5-13-21/h1-3,6-11,14,17H,4-5,12-13,15H2,(H,20,22). The van der Waals surface area contributed by atoms with Gasteiger partial charge in [-0.25, -0.2) is 0 Å². The summed E-state index contributed by atoms with van der Waals surface area (Å²) < 4.78 is 0. The normalized spacial score (nSPS) is 16.7. The average molecular weight is 326 g/mol. The molecule has 2 aromatic rings. The van der Waals surface area contributed by atoms with E-state index in [1.54, 1.807) is 17.4 Å². The molecule has 0 radical (unpaired) electrons. The maximum atomic E-state index is 12.1. The fraction of sp³-hybridized carbons (Fsp3) is 0.316. The van der Waals surface area contributed by atoms with Crippen molar-refractivity contribution in [2.24, 2.45) is 0 Å². The summed E-state index contributed by atoms with van der Waals surface area (Å²) >= 11 is 1.77. The van der Waals surface area contributed by atoms with Gasteiger partial charge in [0, 0.05) is 17.5 Å². The van der Waals surface area contributed by atoms with Crippen molar-refractivity contribution in [1.82, 2.24) is 10.2 Å². The van der Waals surface area contributed by atoms with Crippen molar-refractivity contribution in [1.29, 1.82) is 0 Å². The first-order valence-electron chi connectivity index (χ1n) is 8.11. The second-order valence-electron chi connectivity index (χ2n) is 5.76. The number of amides is 1. The summed E-state index contributed by atoms with van der Waals surface area (Å²) in [5.41, 5.74) is 1.04. The van der Waals surface area contributed by atoms with Gasteiger partial charge in [0.25, 0.3) is 0 Å². The third-order valence-corrected chi connectivity index (χ3v) is 5.12. The molecule has 4 heteroatoms. The highest BCUT2D eigenvalue weighted by Crippen LogP contribution is 2.27. The monoisotopic (exact) mass is 326 g/mol. The Kier molecular flexibility index (Phi) is 5.61. The summed E-state index contributed by atoms with van der Waals surface area (Å²) in [6.45, 7) is 2.91. The van der Waals surface area contributed by atoms with Crippen LogP contribution in [0.25, 0.3) is 6.08 Å². The molecule has 0 bridgehead atoms. The lowest BCUT2D eigenvalue weighted by Gasteiger charge is -2.26. The predicted octanol–water partition coefficient (Wildman–Crippen LogP) is 3.71. The Bertz CT molecular complexity index is 631. The number of carbonyl (C=O) groups is 1. The zero-order valence-corrected chi connectivity index (χ0v) is 14.0. The molecule has 1 N–H and O–H groups in total. The number of hydrogen-bond acceptors (Lipinski definition) is 3. The molecule has 1 unspecified atom stereocenters. The van der Waals surface area contributed by atoms with E-state index in [2.05, 4.69) is 27.7 Å². The van der Waals surface area contributed by atoms with Crippen molar-refractivity contribution < 1.29 is 4.79 Å². The van der Waals surface area contributed by atoms with Gasteiger partial charge >= 0.3 is 0 Å². The molecular weight excluding hydrogens is 304 g/mol. The van der Waals surface area contributed by atoms with E-state index in [9.17, 15) is 4.79 Å².